The van der Waals surface area contributed by atoms with Crippen molar-refractivity contribution in [3.63, 3.8) is 0 Å². The zero-order valence-corrected chi connectivity index (χ0v) is 79.6. The van der Waals surface area contributed by atoms with Gasteiger partial charge in [0, 0.05) is 132 Å². The fourth-order valence-electron chi connectivity index (χ4n) is 18.8. The molecule has 2 saturated heterocycles. The van der Waals surface area contributed by atoms with Gasteiger partial charge >= 0.3 is 0 Å². The second-order valence-corrected chi connectivity index (χ2v) is 37.4. The molecule has 9 aliphatic rings. The van der Waals surface area contributed by atoms with Gasteiger partial charge in [-0.25, -0.2) is 14.6 Å². The van der Waals surface area contributed by atoms with Crippen LogP contribution >= 0.6 is 0 Å². The number of nitrogens with zero attached hydrogens (tertiary/aromatic N) is 13. The summed E-state index contributed by atoms with van der Waals surface area (Å²) in [6, 6.07) is 46.0. The highest BCUT2D eigenvalue weighted by Gasteiger charge is 2.45. The Morgan fingerprint density at radius 3 is 1.24 bits per heavy atom. The number of piperidine rings is 1. The average Bonchev–Trinajstić information content (AvgIpc) is 1.63. The van der Waals surface area contributed by atoms with Crippen LogP contribution in [0, 0.1) is 34.6 Å². The molecular weight excluding hydrogens is 1790 g/mol. The van der Waals surface area contributed by atoms with E-state index in [0.717, 1.165) is 118 Å². The monoisotopic (exact) mass is 1900 g/mol. The first-order valence-corrected chi connectivity index (χ1v) is 47.1. The molecule has 34 heteroatoms. The van der Waals surface area contributed by atoms with Crippen molar-refractivity contribution in [3.05, 3.63) is 288 Å². The minimum Gasteiger partial charge on any atom is -0.489 e. The predicted octanol–water partition coefficient (Wildman–Crippen LogP) is 12.3. The van der Waals surface area contributed by atoms with Crippen LogP contribution in [0.5, 0.6) is 23.0 Å². The number of amides is 6. The molecule has 0 bridgehead atoms. The summed E-state index contributed by atoms with van der Waals surface area (Å²) in [5.41, 5.74) is 18.1. The van der Waals surface area contributed by atoms with E-state index in [4.69, 9.17) is 38.1 Å². The smallest absolute Gasteiger partial charge is 0.290 e. The number of hydrogen-bond donors (Lipinski definition) is 2. The number of hydrogen-bond acceptors (Lipinski definition) is 25. The van der Waals surface area contributed by atoms with Crippen molar-refractivity contribution in [2.45, 2.75) is 234 Å². The summed E-state index contributed by atoms with van der Waals surface area (Å²) in [7, 11) is 0. The number of rotatable bonds is 24. The van der Waals surface area contributed by atoms with Gasteiger partial charge in [-0.3, -0.25) is 72.5 Å². The minimum atomic E-state index is -0.655. The van der Waals surface area contributed by atoms with Crippen molar-refractivity contribution < 1.29 is 95.6 Å². The number of morpholine rings is 1. The first-order chi connectivity index (χ1) is 67.4. The zero-order chi connectivity index (χ0) is 98.7. The maximum Gasteiger partial charge on any atom is 0.290 e. The topological polar surface area (TPSA) is 409 Å². The molecule has 0 radical (unpaired) electrons. The molecule has 10 heterocycles. The van der Waals surface area contributed by atoms with Gasteiger partial charge in [-0.05, 0) is 142 Å². The van der Waals surface area contributed by atoms with Gasteiger partial charge in [0.1, 0.15) is 78.6 Å². The van der Waals surface area contributed by atoms with E-state index in [1.807, 2.05) is 105 Å². The molecule has 34 nitrogen and oxygen atoms in total. The standard InChI is InChI=1S/C28H30N4O4.C28H29N3O4.C27H27N3O4.C22H24N4O6.CH2O2/c1-28(2,3)26-16-31(30-29-26)14-18-7-9-19(10-8-18)17-36-25-6-4-5-21-22(25)15-32(27(21)35)23-12-11-20(33)13-24(23)34;1-17-18(2)30(19(3)29-17)14-20-7-9-21(10-8-20)16-35-27-6-4-5-23-24(27)15-31(28(23)34)25-12-11-22(32)13-26(25)33;1-17-18(2)29(16-28-17)13-19-6-8-20(9-7-19)15-34-26-5-3-4-22-23(26)14-30(27(22)33)24-11-10-21(31)12-25(24)32;27-20-5-4-18(21(28)23-20)26-12-17-16(22(26)29)2-1-3-19(17)31-13-15-10-14(24-32-15)11-25-6-8-30-9-7-25;2-1-3/h4-10,16,23H,11-15,17H2,1-3H3;4-10,25H,11-16H2,1-3H3;3-9,16,24H,10-15H2,1-2H3;1-3,10,18H,4-9,11-13H2,(H,23,27,28);1H,(H,2,3). The maximum absolute atomic E-state index is 13.0. The van der Waals surface area contributed by atoms with Crippen LogP contribution in [0.2, 0.25) is 0 Å². The molecule has 20 rings (SSSR count). The summed E-state index contributed by atoms with van der Waals surface area (Å²) >= 11 is 0. The molecule has 6 amide bonds. The maximum atomic E-state index is 13.0. The van der Waals surface area contributed by atoms with Gasteiger partial charge in [0.05, 0.1) is 112 Å². The quantitative estimate of drug-likeness (QED) is 0.0322. The number of aromatic nitrogens is 8. The first-order valence-electron chi connectivity index (χ1n) is 47.1. The first kappa shape index (κ1) is 98.0. The van der Waals surface area contributed by atoms with Gasteiger partial charge in [-0.2, -0.15) is 0 Å². The molecule has 726 valence electrons. The Labute approximate surface area is 808 Å². The minimum absolute atomic E-state index is 0.0380. The van der Waals surface area contributed by atoms with Crippen molar-refractivity contribution in [3.8, 4) is 23.0 Å². The van der Waals surface area contributed by atoms with E-state index in [2.05, 4.69) is 116 Å². The molecule has 4 atom stereocenters. The average molecular weight is 1900 g/mol. The summed E-state index contributed by atoms with van der Waals surface area (Å²) in [4.78, 5) is 173. The predicted molar refractivity (Wildman–Crippen MR) is 507 cm³/mol. The van der Waals surface area contributed by atoms with Crippen LogP contribution in [0.3, 0.4) is 0 Å². The van der Waals surface area contributed by atoms with Crippen LogP contribution in [0.25, 0.3) is 0 Å². The van der Waals surface area contributed by atoms with Crippen LogP contribution in [0.4, 0.5) is 0 Å². The third kappa shape index (κ3) is 22.7. The van der Waals surface area contributed by atoms with E-state index < -0.39 is 30.1 Å². The number of imidazole rings is 2. The molecule has 7 aromatic carbocycles. The van der Waals surface area contributed by atoms with Crippen molar-refractivity contribution in [2.75, 3.05) is 26.3 Å². The SMILES string of the molecule is CC(C)(C)c1cn(Cc2ccc(COc3cccc4c3CN(C3CCC(=O)CC3=O)C4=O)cc2)nn1.Cc1nc(C)n(Cc2ccc(COc3cccc4c3CN(C3CCC(=O)CC3=O)C4=O)cc2)c1C.Cc1ncn(Cc2ccc(COc3cccc4c3CN(C3CCC(=O)CC3=O)C4=O)cc2)c1C.O=C1CCC(N2Cc3c(OCc4cc(CN5CCOCC5)no4)cccc3C2=O)C(=O)N1.O=CO. The number of fused-ring (bicyclic) bond motifs is 4. The lowest BCUT2D eigenvalue weighted by Crippen LogP contribution is -2.52. The van der Waals surface area contributed by atoms with Gasteiger partial charge < -0.3 is 62.0 Å². The summed E-state index contributed by atoms with van der Waals surface area (Å²) in [6.45, 7) is 24.9. The van der Waals surface area contributed by atoms with Crippen LogP contribution < -0.4 is 24.3 Å². The molecular formula is C106H112N14O20. The van der Waals surface area contributed by atoms with Gasteiger partial charge in [0.15, 0.2) is 23.1 Å². The third-order valence-corrected chi connectivity index (χ3v) is 26.9. The Morgan fingerprint density at radius 2 is 0.857 bits per heavy atom. The van der Waals surface area contributed by atoms with Gasteiger partial charge in [0.2, 0.25) is 11.8 Å². The highest BCUT2D eigenvalue weighted by atomic mass is 16.5. The Bertz CT molecular complexity index is 6580. The lowest BCUT2D eigenvalue weighted by Gasteiger charge is -2.29. The summed E-state index contributed by atoms with van der Waals surface area (Å²) in [5.74, 6) is 2.01. The van der Waals surface area contributed by atoms with E-state index in [1.54, 1.807) is 63.2 Å². The highest BCUT2D eigenvalue weighted by molar-refractivity contribution is 6.11. The lowest BCUT2D eigenvalue weighted by molar-refractivity contribution is -0.137. The number of ether oxygens (including phenoxy) is 5. The molecule has 3 saturated carbocycles. The summed E-state index contributed by atoms with van der Waals surface area (Å²) < 4.78 is 41.3. The lowest BCUT2D eigenvalue weighted by atomic mass is 9.92. The van der Waals surface area contributed by atoms with Crippen LogP contribution in [-0.4, -0.2) is 196 Å². The number of aryl methyl sites for hydroxylation is 3. The summed E-state index contributed by atoms with van der Waals surface area (Å²) in [6.07, 6.45) is 6.37. The molecule has 3 aliphatic carbocycles. The number of ketones is 6. The normalized spacial score (nSPS) is 18.4. The van der Waals surface area contributed by atoms with Crippen LogP contribution in [0.1, 0.15) is 234 Å². The number of Topliss-reactive ketones (excluding diaryl/α,β-unsaturated/α-hetero) is 6. The van der Waals surface area contributed by atoms with E-state index in [9.17, 15) is 57.5 Å². The zero-order valence-electron chi connectivity index (χ0n) is 79.6. The van der Waals surface area contributed by atoms with Crippen molar-refractivity contribution in [1.29, 1.82) is 0 Å². The van der Waals surface area contributed by atoms with Gasteiger partial charge in [-0.15, -0.1) is 5.10 Å². The van der Waals surface area contributed by atoms with Crippen LogP contribution in [-0.2, 0) is 132 Å². The Kier molecular flexibility index (Phi) is 30.3. The Hall–Kier alpha value is -15.1. The van der Waals surface area contributed by atoms with Crippen LogP contribution in [0.15, 0.2) is 169 Å². The number of imide groups is 1. The van der Waals surface area contributed by atoms with Gasteiger partial charge in [-0.1, -0.05) is 128 Å². The van der Waals surface area contributed by atoms with Crippen molar-refractivity contribution in [2.24, 2.45) is 0 Å². The molecule has 11 aromatic rings. The number of benzene rings is 7. The number of carbonyl (C=O) groups excluding carboxylic acids is 12. The van der Waals surface area contributed by atoms with E-state index >= 15 is 0 Å². The molecule has 0 spiro atoms. The number of nitrogens with one attached hydrogen (secondary N) is 1. The summed E-state index contributed by atoms with van der Waals surface area (Å²) in [5, 5.41) is 21.8. The molecule has 5 fully saturated rings. The molecule has 140 heavy (non-hydrogen) atoms. The fourth-order valence-corrected chi connectivity index (χ4v) is 18.8. The molecule has 4 aromatic heterocycles. The Morgan fingerprint density at radius 1 is 0.464 bits per heavy atom. The number of carboxylic acid groups (broad SMARTS) is 1. The molecule has 2 N–H and O–H groups in total. The van der Waals surface area contributed by atoms with Gasteiger partial charge in [0.25, 0.3) is 30.1 Å². The Balaban J connectivity index is 0.000000133. The number of carbonyl (C=O) groups is 13. The highest BCUT2D eigenvalue weighted by Crippen LogP contribution is 2.41. The van der Waals surface area contributed by atoms with E-state index in [0.29, 0.717) is 149 Å². The third-order valence-electron chi connectivity index (χ3n) is 26.9. The molecule has 6 aliphatic heterocycles. The largest absolute Gasteiger partial charge is 0.489 e. The van der Waals surface area contributed by atoms with Crippen molar-refractivity contribution >= 4 is 76.6 Å². The van der Waals surface area contributed by atoms with E-state index in [-0.39, 0.29) is 115 Å². The second kappa shape index (κ2) is 43.3. The fraction of sp³-hybridized carbons (Fsp3) is 0.377. The van der Waals surface area contributed by atoms with E-state index in [1.165, 1.54) is 21.7 Å². The second-order valence-electron chi connectivity index (χ2n) is 37.4. The molecule has 4 unspecified atom stereocenters. The van der Waals surface area contributed by atoms with Crippen molar-refractivity contribution in [1.82, 2.24) is 69.1 Å².